The van der Waals surface area contributed by atoms with Crippen molar-refractivity contribution in [3.63, 3.8) is 0 Å². The number of methoxy groups -OCH3 is 1. The van der Waals surface area contributed by atoms with Gasteiger partial charge >= 0.3 is 11.9 Å². The first-order chi connectivity index (χ1) is 7.00. The predicted octanol–water partition coefficient (Wildman–Crippen LogP) is 1.83. The lowest BCUT2D eigenvalue weighted by Crippen LogP contribution is -2.38. The normalized spacial score (nSPS) is 20.9. The zero-order valence-corrected chi connectivity index (χ0v) is 9.28. The van der Waals surface area contributed by atoms with Gasteiger partial charge in [0.05, 0.1) is 7.11 Å². The maximum Gasteiger partial charge on any atom is 0.322 e. The van der Waals surface area contributed by atoms with Gasteiger partial charge in [0.15, 0.2) is 5.41 Å². The first kappa shape index (κ1) is 12.0. The Morgan fingerprint density at radius 1 is 1.40 bits per heavy atom. The number of carbonyl (C=O) groups excluding carboxylic acids is 1. The molecule has 0 aromatic rings. The summed E-state index contributed by atoms with van der Waals surface area (Å²) in [5.41, 5.74) is -1.37. The van der Waals surface area contributed by atoms with Gasteiger partial charge in [0, 0.05) is 0 Å². The predicted molar refractivity (Wildman–Crippen MR) is 54.3 cm³/mol. The van der Waals surface area contributed by atoms with E-state index in [1.807, 2.05) is 0 Å². The lowest BCUT2D eigenvalue weighted by molar-refractivity contribution is -0.167. The molecule has 0 spiro atoms. The molecule has 86 valence electrons. The van der Waals surface area contributed by atoms with E-state index in [1.54, 1.807) is 0 Å². The molecule has 15 heavy (non-hydrogen) atoms. The molecule has 1 fully saturated rings. The number of carboxylic acids is 1. The molecule has 0 aliphatic heterocycles. The van der Waals surface area contributed by atoms with Crippen molar-refractivity contribution in [2.24, 2.45) is 11.3 Å². The van der Waals surface area contributed by atoms with Gasteiger partial charge in [-0.1, -0.05) is 25.7 Å². The number of rotatable bonds is 4. The molecular formula is C11H18O4. The van der Waals surface area contributed by atoms with Crippen LogP contribution in [0.1, 0.15) is 39.0 Å². The van der Waals surface area contributed by atoms with Crippen LogP contribution >= 0.6 is 0 Å². The Morgan fingerprint density at radius 2 is 1.93 bits per heavy atom. The number of hydrogen-bond donors (Lipinski definition) is 1. The lowest BCUT2D eigenvalue weighted by atomic mass is 9.80. The number of carboxylic acid groups (broad SMARTS) is 1. The van der Waals surface area contributed by atoms with Crippen molar-refractivity contribution >= 4 is 11.9 Å². The Hall–Kier alpha value is -1.06. The van der Waals surface area contributed by atoms with Crippen LogP contribution < -0.4 is 0 Å². The van der Waals surface area contributed by atoms with Crippen molar-refractivity contribution in [1.82, 2.24) is 0 Å². The molecule has 0 amide bonds. The molecule has 0 heterocycles. The van der Waals surface area contributed by atoms with Gasteiger partial charge in [-0.25, -0.2) is 0 Å². The van der Waals surface area contributed by atoms with Crippen LogP contribution in [0.25, 0.3) is 0 Å². The largest absolute Gasteiger partial charge is 0.480 e. The van der Waals surface area contributed by atoms with Crippen LogP contribution in [0.2, 0.25) is 0 Å². The molecule has 4 nitrogen and oxygen atoms in total. The molecule has 1 saturated carbocycles. The minimum absolute atomic E-state index is 0.352. The van der Waals surface area contributed by atoms with Crippen LogP contribution in [0.3, 0.4) is 0 Å². The number of ether oxygens (including phenoxy) is 1. The van der Waals surface area contributed by atoms with Crippen molar-refractivity contribution in [2.75, 3.05) is 7.11 Å². The van der Waals surface area contributed by atoms with E-state index in [0.29, 0.717) is 12.3 Å². The molecule has 1 atom stereocenters. The summed E-state index contributed by atoms with van der Waals surface area (Å²) < 4.78 is 4.57. The zero-order valence-electron chi connectivity index (χ0n) is 9.28. The topological polar surface area (TPSA) is 63.6 Å². The second-order valence-electron chi connectivity index (χ2n) is 4.48. The Labute approximate surface area is 89.6 Å². The van der Waals surface area contributed by atoms with Gasteiger partial charge in [-0.2, -0.15) is 0 Å². The molecule has 0 bridgehead atoms. The summed E-state index contributed by atoms with van der Waals surface area (Å²) in [7, 11) is 1.23. The molecule has 4 heteroatoms. The van der Waals surface area contributed by atoms with Gasteiger partial charge in [-0.3, -0.25) is 9.59 Å². The summed E-state index contributed by atoms with van der Waals surface area (Å²) in [6.07, 6.45) is 4.73. The summed E-state index contributed by atoms with van der Waals surface area (Å²) in [6.45, 7) is 1.46. The van der Waals surface area contributed by atoms with Crippen molar-refractivity contribution in [3.8, 4) is 0 Å². The maximum absolute atomic E-state index is 11.5. The van der Waals surface area contributed by atoms with Gasteiger partial charge < -0.3 is 9.84 Å². The molecule has 1 rings (SSSR count). The Balaban J connectivity index is 2.72. The molecule has 1 aliphatic rings. The fourth-order valence-corrected chi connectivity index (χ4v) is 2.28. The van der Waals surface area contributed by atoms with Crippen molar-refractivity contribution in [3.05, 3.63) is 0 Å². The van der Waals surface area contributed by atoms with E-state index in [9.17, 15) is 9.59 Å². The van der Waals surface area contributed by atoms with E-state index >= 15 is 0 Å². The number of hydrogen-bond acceptors (Lipinski definition) is 3. The first-order valence-electron chi connectivity index (χ1n) is 5.32. The van der Waals surface area contributed by atoms with E-state index in [4.69, 9.17) is 5.11 Å². The van der Waals surface area contributed by atoms with Gasteiger partial charge in [-0.05, 0) is 19.3 Å². The number of aliphatic carboxylic acids is 1. The third-order valence-corrected chi connectivity index (χ3v) is 3.28. The van der Waals surface area contributed by atoms with Crippen LogP contribution in [-0.4, -0.2) is 24.2 Å². The third-order valence-electron chi connectivity index (χ3n) is 3.28. The Bertz CT molecular complexity index is 255. The van der Waals surface area contributed by atoms with Gasteiger partial charge in [0.2, 0.25) is 0 Å². The van der Waals surface area contributed by atoms with E-state index in [2.05, 4.69) is 4.74 Å². The second-order valence-corrected chi connectivity index (χ2v) is 4.48. The fourth-order valence-electron chi connectivity index (χ4n) is 2.28. The van der Waals surface area contributed by atoms with Crippen LogP contribution in [0, 0.1) is 11.3 Å². The van der Waals surface area contributed by atoms with E-state index in [1.165, 1.54) is 14.0 Å². The summed E-state index contributed by atoms with van der Waals surface area (Å²) in [4.78, 5) is 22.6. The van der Waals surface area contributed by atoms with Crippen LogP contribution in [0.4, 0.5) is 0 Å². The summed E-state index contributed by atoms with van der Waals surface area (Å²) >= 11 is 0. The molecule has 0 saturated heterocycles. The monoisotopic (exact) mass is 214 g/mol. The average molecular weight is 214 g/mol. The molecule has 1 unspecified atom stereocenters. The smallest absolute Gasteiger partial charge is 0.322 e. The fraction of sp³-hybridized carbons (Fsp3) is 0.818. The molecular weight excluding hydrogens is 196 g/mol. The standard InChI is InChI=1S/C11H18O4/c1-11(9(12)13,10(14)15-2)7-8-5-3-4-6-8/h8H,3-7H2,1-2H3,(H,12,13). The lowest BCUT2D eigenvalue weighted by Gasteiger charge is -2.24. The van der Waals surface area contributed by atoms with Crippen LogP contribution in [0.15, 0.2) is 0 Å². The number of esters is 1. The molecule has 0 aromatic heterocycles. The van der Waals surface area contributed by atoms with E-state index in [0.717, 1.165) is 25.7 Å². The highest BCUT2D eigenvalue weighted by Gasteiger charge is 2.44. The highest BCUT2D eigenvalue weighted by Crippen LogP contribution is 2.36. The summed E-state index contributed by atoms with van der Waals surface area (Å²) in [6, 6.07) is 0. The average Bonchev–Trinajstić information content (AvgIpc) is 2.68. The molecule has 0 radical (unpaired) electrons. The van der Waals surface area contributed by atoms with Gasteiger partial charge in [-0.15, -0.1) is 0 Å². The minimum atomic E-state index is -1.37. The van der Waals surface area contributed by atoms with E-state index in [-0.39, 0.29) is 0 Å². The summed E-state index contributed by atoms with van der Waals surface area (Å²) in [5, 5.41) is 9.09. The van der Waals surface area contributed by atoms with Crippen LogP contribution in [0.5, 0.6) is 0 Å². The highest BCUT2D eigenvalue weighted by atomic mass is 16.5. The van der Waals surface area contributed by atoms with E-state index < -0.39 is 17.4 Å². The van der Waals surface area contributed by atoms with Crippen molar-refractivity contribution < 1.29 is 19.4 Å². The summed E-state index contributed by atoms with van der Waals surface area (Å²) in [5.74, 6) is -1.37. The second kappa shape index (κ2) is 4.64. The Kier molecular flexibility index (Phi) is 3.72. The highest BCUT2D eigenvalue weighted by molar-refractivity contribution is 5.98. The number of carbonyl (C=O) groups is 2. The maximum atomic E-state index is 11.5. The zero-order chi connectivity index (χ0) is 11.5. The molecule has 1 N–H and O–H groups in total. The molecule has 1 aliphatic carbocycles. The SMILES string of the molecule is COC(=O)C(C)(CC1CCCC1)C(=O)O. The van der Waals surface area contributed by atoms with Gasteiger partial charge in [0.1, 0.15) is 0 Å². The molecule has 0 aromatic carbocycles. The van der Waals surface area contributed by atoms with Gasteiger partial charge in [0.25, 0.3) is 0 Å². The Morgan fingerprint density at radius 3 is 2.33 bits per heavy atom. The van der Waals surface area contributed by atoms with Crippen LogP contribution in [-0.2, 0) is 14.3 Å². The minimum Gasteiger partial charge on any atom is -0.480 e. The van der Waals surface area contributed by atoms with Crippen molar-refractivity contribution in [1.29, 1.82) is 0 Å². The first-order valence-corrected chi connectivity index (χ1v) is 5.32. The quantitative estimate of drug-likeness (QED) is 0.572. The van der Waals surface area contributed by atoms with Crippen molar-refractivity contribution in [2.45, 2.75) is 39.0 Å². The third kappa shape index (κ3) is 2.49.